The van der Waals surface area contributed by atoms with Crippen molar-refractivity contribution in [1.82, 2.24) is 4.90 Å². The van der Waals surface area contributed by atoms with Gasteiger partial charge in [-0.1, -0.05) is 0 Å². The van der Waals surface area contributed by atoms with Crippen LogP contribution in [0, 0.1) is 11.3 Å². The van der Waals surface area contributed by atoms with Gasteiger partial charge in [-0.3, -0.25) is 4.90 Å². The Morgan fingerprint density at radius 2 is 2.10 bits per heavy atom. The molecule has 20 heavy (non-hydrogen) atoms. The van der Waals surface area contributed by atoms with Crippen LogP contribution in [0.15, 0.2) is 18.2 Å². The van der Waals surface area contributed by atoms with Gasteiger partial charge in [0.05, 0.1) is 19.8 Å². The third-order valence-corrected chi connectivity index (χ3v) is 4.41. The Balaban J connectivity index is 2.09. The molecule has 0 N–H and O–H groups in total. The molecule has 0 spiro atoms. The van der Waals surface area contributed by atoms with Crippen LogP contribution >= 0.6 is 0 Å². The third kappa shape index (κ3) is 2.03. The summed E-state index contributed by atoms with van der Waals surface area (Å²) in [7, 11) is 1.65. The second-order valence-electron chi connectivity index (χ2n) is 5.48. The molecular weight excluding hydrogens is 252 g/mol. The zero-order valence-electron chi connectivity index (χ0n) is 11.9. The van der Waals surface area contributed by atoms with Crippen molar-refractivity contribution in [3.05, 3.63) is 23.8 Å². The van der Waals surface area contributed by atoms with E-state index in [-0.39, 0.29) is 0 Å². The van der Waals surface area contributed by atoms with Gasteiger partial charge >= 0.3 is 0 Å². The molecule has 3 rings (SSSR count). The molecule has 1 aromatic rings. The number of hydrogen-bond donors (Lipinski definition) is 0. The number of fused-ring (bicyclic) bond motifs is 1. The fraction of sp³-hybridized carbons (Fsp3) is 0.562. The summed E-state index contributed by atoms with van der Waals surface area (Å²) in [5.41, 5.74) is 0.467. The number of hydrogen-bond acceptors (Lipinski definition) is 4. The molecule has 1 unspecified atom stereocenters. The first-order valence-corrected chi connectivity index (χ1v) is 7.28. The fourth-order valence-corrected chi connectivity index (χ4v) is 3.35. The largest absolute Gasteiger partial charge is 0.497 e. The van der Waals surface area contributed by atoms with E-state index in [0.29, 0.717) is 6.61 Å². The molecule has 2 aliphatic rings. The van der Waals surface area contributed by atoms with Crippen LogP contribution in [0.2, 0.25) is 0 Å². The normalized spacial score (nSPS) is 26.2. The van der Waals surface area contributed by atoms with Crippen molar-refractivity contribution in [2.45, 2.75) is 31.2 Å². The Kier molecular flexibility index (Phi) is 3.54. The highest BCUT2D eigenvalue weighted by Gasteiger charge is 2.43. The molecule has 0 radical (unpaired) electrons. The molecule has 106 valence electrons. The first-order chi connectivity index (χ1) is 9.80. The van der Waals surface area contributed by atoms with Gasteiger partial charge < -0.3 is 9.47 Å². The van der Waals surface area contributed by atoms with Crippen molar-refractivity contribution in [2.24, 2.45) is 0 Å². The van der Waals surface area contributed by atoms with Gasteiger partial charge in [-0.05, 0) is 37.8 Å². The van der Waals surface area contributed by atoms with Crippen molar-refractivity contribution in [2.75, 3.05) is 26.8 Å². The molecule has 2 heterocycles. The molecule has 0 bridgehead atoms. The molecule has 0 amide bonds. The molecule has 2 aliphatic heterocycles. The highest BCUT2D eigenvalue weighted by atomic mass is 16.5. The molecule has 1 atom stereocenters. The lowest BCUT2D eigenvalue weighted by Gasteiger charge is -2.35. The topological polar surface area (TPSA) is 45.5 Å². The molecule has 1 saturated heterocycles. The van der Waals surface area contributed by atoms with Gasteiger partial charge in [-0.25, -0.2) is 0 Å². The minimum Gasteiger partial charge on any atom is -0.497 e. The SMILES string of the molecule is COc1ccc2c(c1)OCCCC2(C#N)N1CCCC1. The summed E-state index contributed by atoms with van der Waals surface area (Å²) in [6.45, 7) is 2.66. The Hall–Kier alpha value is -1.73. The monoisotopic (exact) mass is 272 g/mol. The van der Waals surface area contributed by atoms with Gasteiger partial charge in [0, 0.05) is 24.7 Å². The van der Waals surface area contributed by atoms with Crippen LogP contribution in [0.5, 0.6) is 11.5 Å². The summed E-state index contributed by atoms with van der Waals surface area (Å²) in [5.74, 6) is 1.58. The number of likely N-dealkylation sites (tertiary alicyclic amines) is 1. The van der Waals surface area contributed by atoms with E-state index in [4.69, 9.17) is 9.47 Å². The molecule has 4 nitrogen and oxygen atoms in total. The zero-order valence-corrected chi connectivity index (χ0v) is 11.9. The summed E-state index contributed by atoms with van der Waals surface area (Å²) >= 11 is 0. The number of methoxy groups -OCH3 is 1. The van der Waals surface area contributed by atoms with E-state index in [2.05, 4.69) is 11.0 Å². The second kappa shape index (κ2) is 5.34. The Morgan fingerprint density at radius 1 is 1.30 bits per heavy atom. The van der Waals surface area contributed by atoms with Crippen molar-refractivity contribution < 1.29 is 9.47 Å². The van der Waals surface area contributed by atoms with Gasteiger partial charge in [-0.2, -0.15) is 5.26 Å². The van der Waals surface area contributed by atoms with Crippen LogP contribution < -0.4 is 9.47 Å². The van der Waals surface area contributed by atoms with E-state index in [1.165, 1.54) is 12.8 Å². The highest BCUT2D eigenvalue weighted by molar-refractivity contribution is 5.48. The van der Waals surface area contributed by atoms with E-state index >= 15 is 0 Å². The minimum atomic E-state index is -0.533. The summed E-state index contributed by atoms with van der Waals surface area (Å²) < 4.78 is 11.1. The average molecular weight is 272 g/mol. The molecule has 1 aromatic carbocycles. The van der Waals surface area contributed by atoms with E-state index in [1.54, 1.807) is 7.11 Å². The zero-order chi connectivity index (χ0) is 14.0. The standard InChI is InChI=1S/C16H20N2O2/c1-19-13-5-6-14-15(11-13)20-10-4-7-16(14,12-17)18-8-2-3-9-18/h5-6,11H,2-4,7-10H2,1H3. The Morgan fingerprint density at radius 3 is 2.80 bits per heavy atom. The summed E-state index contributed by atoms with van der Waals surface area (Å²) in [5, 5.41) is 9.92. The summed E-state index contributed by atoms with van der Waals surface area (Å²) in [4.78, 5) is 2.33. The van der Waals surface area contributed by atoms with E-state index < -0.39 is 5.54 Å². The maximum atomic E-state index is 9.92. The minimum absolute atomic E-state index is 0.533. The quantitative estimate of drug-likeness (QED) is 0.830. The van der Waals surface area contributed by atoms with Crippen LogP contribution in [0.1, 0.15) is 31.2 Å². The smallest absolute Gasteiger partial charge is 0.138 e. The lowest BCUT2D eigenvalue weighted by atomic mass is 9.85. The van der Waals surface area contributed by atoms with E-state index in [9.17, 15) is 5.26 Å². The fourth-order valence-electron chi connectivity index (χ4n) is 3.35. The molecule has 0 saturated carbocycles. The predicted molar refractivity (Wildman–Crippen MR) is 75.8 cm³/mol. The molecular formula is C16H20N2O2. The Bertz CT molecular complexity index is 532. The maximum Gasteiger partial charge on any atom is 0.138 e. The van der Waals surface area contributed by atoms with Crippen LogP contribution in [0.3, 0.4) is 0 Å². The van der Waals surface area contributed by atoms with Gasteiger partial charge in [0.25, 0.3) is 0 Å². The molecule has 4 heteroatoms. The maximum absolute atomic E-state index is 9.92. The van der Waals surface area contributed by atoms with Crippen LogP contribution in [0.25, 0.3) is 0 Å². The predicted octanol–water partition coefficient (Wildman–Crippen LogP) is 2.68. The first kappa shape index (κ1) is 13.3. The lowest BCUT2D eigenvalue weighted by molar-refractivity contribution is 0.162. The van der Waals surface area contributed by atoms with Gasteiger partial charge in [-0.15, -0.1) is 0 Å². The van der Waals surface area contributed by atoms with Gasteiger partial charge in [0.1, 0.15) is 17.0 Å². The molecule has 1 fully saturated rings. The van der Waals surface area contributed by atoms with Crippen molar-refractivity contribution >= 4 is 0 Å². The average Bonchev–Trinajstić information content (AvgIpc) is 2.96. The van der Waals surface area contributed by atoms with E-state index in [0.717, 1.165) is 43.0 Å². The first-order valence-electron chi connectivity index (χ1n) is 7.28. The van der Waals surface area contributed by atoms with Gasteiger partial charge in [0.2, 0.25) is 0 Å². The van der Waals surface area contributed by atoms with Crippen molar-refractivity contribution in [1.29, 1.82) is 5.26 Å². The Labute approximate surface area is 119 Å². The second-order valence-corrected chi connectivity index (χ2v) is 5.48. The number of rotatable bonds is 2. The van der Waals surface area contributed by atoms with Gasteiger partial charge in [0.15, 0.2) is 0 Å². The molecule has 0 aromatic heterocycles. The highest BCUT2D eigenvalue weighted by Crippen LogP contribution is 2.43. The number of nitriles is 1. The lowest BCUT2D eigenvalue weighted by Crippen LogP contribution is -2.43. The summed E-state index contributed by atoms with van der Waals surface area (Å²) in [6, 6.07) is 8.43. The number of ether oxygens (including phenoxy) is 2. The summed E-state index contributed by atoms with van der Waals surface area (Å²) in [6.07, 6.45) is 4.09. The third-order valence-electron chi connectivity index (χ3n) is 4.41. The molecule has 0 aliphatic carbocycles. The number of benzene rings is 1. The van der Waals surface area contributed by atoms with Crippen LogP contribution in [-0.2, 0) is 5.54 Å². The van der Waals surface area contributed by atoms with Crippen LogP contribution in [-0.4, -0.2) is 31.7 Å². The van der Waals surface area contributed by atoms with E-state index in [1.807, 2.05) is 18.2 Å². The van der Waals surface area contributed by atoms with Crippen molar-refractivity contribution in [3.63, 3.8) is 0 Å². The van der Waals surface area contributed by atoms with Crippen molar-refractivity contribution in [3.8, 4) is 17.6 Å². The van der Waals surface area contributed by atoms with Crippen LogP contribution in [0.4, 0.5) is 0 Å². The number of nitrogens with zero attached hydrogens (tertiary/aromatic N) is 2.